The van der Waals surface area contributed by atoms with E-state index in [1.165, 1.54) is 0 Å². The molecule has 6 heteroatoms. The normalized spacial score (nSPS) is 12.5. The van der Waals surface area contributed by atoms with Crippen LogP contribution in [0.4, 0.5) is 0 Å². The van der Waals surface area contributed by atoms with Crippen molar-refractivity contribution in [3.63, 3.8) is 0 Å². The molecule has 0 aromatic carbocycles. The van der Waals surface area contributed by atoms with Gasteiger partial charge in [-0.3, -0.25) is 0 Å². The maximum absolute atomic E-state index is 5.91. The Labute approximate surface area is 98.7 Å². The minimum Gasteiger partial charge on any atom is -0.329 e. The largest absolute Gasteiger partial charge is 0.329 e. The molecule has 0 fully saturated rings. The van der Waals surface area contributed by atoms with Gasteiger partial charge in [0.05, 0.1) is 0 Å². The lowest BCUT2D eigenvalue weighted by Gasteiger charge is -2.26. The van der Waals surface area contributed by atoms with Gasteiger partial charge in [-0.1, -0.05) is 25.2 Å². The molecule has 0 saturated carbocycles. The summed E-state index contributed by atoms with van der Waals surface area (Å²) in [7, 11) is 0. The van der Waals surface area contributed by atoms with Crippen LogP contribution < -0.4 is 5.73 Å². The third-order valence-corrected chi connectivity index (χ3v) is 4.49. The molecule has 0 aliphatic heterocycles. The quantitative estimate of drug-likeness (QED) is 0.878. The Morgan fingerprint density at radius 2 is 2.00 bits per heavy atom. The summed E-state index contributed by atoms with van der Waals surface area (Å²) >= 11 is 1.60. The van der Waals surface area contributed by atoms with Crippen molar-refractivity contribution >= 4 is 16.3 Å². The summed E-state index contributed by atoms with van der Waals surface area (Å²) in [6.07, 6.45) is 2.01. The number of nitrogens with zero attached hydrogens (tertiary/aromatic N) is 4. The van der Waals surface area contributed by atoms with Crippen molar-refractivity contribution in [3.05, 3.63) is 10.8 Å². The molecule has 0 aliphatic rings. The van der Waals surface area contributed by atoms with Gasteiger partial charge in [-0.15, -0.1) is 10.2 Å². The molecule has 0 aliphatic carbocycles. The van der Waals surface area contributed by atoms with E-state index in [1.54, 1.807) is 15.9 Å². The van der Waals surface area contributed by atoms with Crippen molar-refractivity contribution in [2.24, 2.45) is 5.73 Å². The van der Waals surface area contributed by atoms with Crippen LogP contribution in [0.5, 0.6) is 0 Å². The molecule has 0 amide bonds. The molecule has 0 unspecified atom stereocenters. The second-order valence-electron chi connectivity index (χ2n) is 4.04. The first kappa shape index (κ1) is 11.5. The predicted octanol–water partition coefficient (Wildman–Crippen LogP) is 1.51. The van der Waals surface area contributed by atoms with Gasteiger partial charge in [-0.05, 0) is 19.8 Å². The Hall–Kier alpha value is -1.01. The molecule has 0 saturated heterocycles. The Morgan fingerprint density at radius 1 is 1.31 bits per heavy atom. The Balaban J connectivity index is 2.53. The topological polar surface area (TPSA) is 69.1 Å². The lowest BCUT2D eigenvalue weighted by Crippen LogP contribution is -2.33. The second-order valence-corrected chi connectivity index (χ2v) is 5.00. The van der Waals surface area contributed by atoms with Crippen molar-refractivity contribution in [3.8, 4) is 0 Å². The highest BCUT2D eigenvalue weighted by Crippen LogP contribution is 2.33. The van der Waals surface area contributed by atoms with Crippen LogP contribution in [0.25, 0.3) is 4.96 Å². The van der Waals surface area contributed by atoms with E-state index in [4.69, 9.17) is 5.73 Å². The molecule has 2 aromatic heterocycles. The zero-order valence-corrected chi connectivity index (χ0v) is 10.7. The molecule has 0 radical (unpaired) electrons. The zero-order valence-electron chi connectivity index (χ0n) is 9.90. The molecule has 2 N–H and O–H groups in total. The molecule has 16 heavy (non-hydrogen) atoms. The van der Waals surface area contributed by atoms with Gasteiger partial charge in [-0.25, -0.2) is 0 Å². The van der Waals surface area contributed by atoms with Crippen molar-refractivity contribution in [1.29, 1.82) is 0 Å². The fourth-order valence-corrected chi connectivity index (χ4v) is 3.08. The number of aromatic nitrogens is 4. The lowest BCUT2D eigenvalue weighted by molar-refractivity contribution is 0.400. The lowest BCUT2D eigenvalue weighted by atomic mass is 9.83. The third-order valence-electron chi connectivity index (χ3n) is 3.34. The molecule has 0 atom stereocenters. The van der Waals surface area contributed by atoms with Gasteiger partial charge in [0.15, 0.2) is 5.82 Å². The van der Waals surface area contributed by atoms with E-state index in [0.717, 1.165) is 28.6 Å². The highest BCUT2D eigenvalue weighted by molar-refractivity contribution is 7.16. The minimum atomic E-state index is -0.00218. The molecule has 0 spiro atoms. The molecule has 0 bridgehead atoms. The second kappa shape index (κ2) is 4.10. The van der Waals surface area contributed by atoms with Gasteiger partial charge in [-0.2, -0.15) is 9.61 Å². The Bertz CT molecular complexity index is 474. The van der Waals surface area contributed by atoms with Crippen LogP contribution in [-0.4, -0.2) is 26.4 Å². The summed E-state index contributed by atoms with van der Waals surface area (Å²) in [6, 6.07) is 0. The van der Waals surface area contributed by atoms with Crippen LogP contribution in [-0.2, 0) is 5.41 Å². The first-order chi connectivity index (χ1) is 7.66. The van der Waals surface area contributed by atoms with Crippen molar-refractivity contribution in [1.82, 2.24) is 19.8 Å². The van der Waals surface area contributed by atoms with Gasteiger partial charge >= 0.3 is 0 Å². The number of hydrogen-bond donors (Lipinski definition) is 1. The smallest absolute Gasteiger partial charge is 0.234 e. The van der Waals surface area contributed by atoms with Crippen LogP contribution in [0.1, 0.15) is 37.5 Å². The molecular formula is C10H17N5S. The van der Waals surface area contributed by atoms with E-state index < -0.39 is 0 Å². The summed E-state index contributed by atoms with van der Waals surface area (Å²) in [5.41, 5.74) is 5.91. The highest BCUT2D eigenvalue weighted by atomic mass is 32.1. The van der Waals surface area contributed by atoms with E-state index in [-0.39, 0.29) is 5.41 Å². The van der Waals surface area contributed by atoms with Gasteiger partial charge in [0.25, 0.3) is 0 Å². The van der Waals surface area contributed by atoms with Gasteiger partial charge < -0.3 is 5.73 Å². The molecule has 2 heterocycles. The maximum atomic E-state index is 5.91. The predicted molar refractivity (Wildman–Crippen MR) is 64.7 cm³/mol. The molecular weight excluding hydrogens is 222 g/mol. The van der Waals surface area contributed by atoms with Crippen LogP contribution in [0.2, 0.25) is 0 Å². The summed E-state index contributed by atoms with van der Waals surface area (Å²) in [5, 5.41) is 13.7. The average molecular weight is 239 g/mol. The minimum absolute atomic E-state index is 0.00218. The average Bonchev–Trinajstić information content (AvgIpc) is 2.86. The molecule has 5 nitrogen and oxygen atoms in total. The van der Waals surface area contributed by atoms with E-state index in [0.29, 0.717) is 6.54 Å². The first-order valence-electron chi connectivity index (χ1n) is 5.56. The van der Waals surface area contributed by atoms with Crippen LogP contribution in [0.3, 0.4) is 0 Å². The molecule has 2 aromatic rings. The van der Waals surface area contributed by atoms with Gasteiger partial charge in [0.2, 0.25) is 4.96 Å². The van der Waals surface area contributed by atoms with Crippen LogP contribution in [0.15, 0.2) is 0 Å². The number of aryl methyl sites for hydroxylation is 1. The van der Waals surface area contributed by atoms with Gasteiger partial charge in [0.1, 0.15) is 5.01 Å². The maximum Gasteiger partial charge on any atom is 0.234 e. The SMILES string of the molecule is CCC(CC)(CN)c1nn2c(C)nnc2s1. The number of nitrogens with two attached hydrogens (primary N) is 1. The standard InChI is InChI=1S/C10H17N5S/c1-4-10(5-2,6-11)8-14-15-7(3)12-13-9(15)16-8/h4-6,11H2,1-3H3. The van der Waals surface area contributed by atoms with Crippen LogP contribution >= 0.6 is 11.3 Å². The van der Waals surface area contributed by atoms with E-state index in [9.17, 15) is 0 Å². The number of rotatable bonds is 4. The van der Waals surface area contributed by atoms with E-state index >= 15 is 0 Å². The monoisotopic (exact) mass is 239 g/mol. The highest BCUT2D eigenvalue weighted by Gasteiger charge is 2.31. The number of fused-ring (bicyclic) bond motifs is 1. The van der Waals surface area contributed by atoms with Crippen molar-refractivity contribution in [2.45, 2.75) is 39.0 Å². The van der Waals surface area contributed by atoms with E-state index in [1.807, 2.05) is 6.92 Å². The summed E-state index contributed by atoms with van der Waals surface area (Å²) < 4.78 is 1.80. The molecule has 2 rings (SSSR count). The fourth-order valence-electron chi connectivity index (χ4n) is 1.86. The summed E-state index contributed by atoms with van der Waals surface area (Å²) in [5.74, 6) is 0.829. The number of hydrogen-bond acceptors (Lipinski definition) is 5. The summed E-state index contributed by atoms with van der Waals surface area (Å²) in [4.78, 5) is 0.854. The summed E-state index contributed by atoms with van der Waals surface area (Å²) in [6.45, 7) is 6.85. The zero-order chi connectivity index (χ0) is 11.8. The Kier molecular flexibility index (Phi) is 2.94. The Morgan fingerprint density at radius 3 is 2.50 bits per heavy atom. The fraction of sp³-hybridized carbons (Fsp3) is 0.700. The molecule has 88 valence electrons. The van der Waals surface area contributed by atoms with Crippen molar-refractivity contribution in [2.75, 3.05) is 6.54 Å². The van der Waals surface area contributed by atoms with Crippen LogP contribution in [0, 0.1) is 6.92 Å². The first-order valence-corrected chi connectivity index (χ1v) is 6.38. The van der Waals surface area contributed by atoms with Crippen molar-refractivity contribution < 1.29 is 0 Å². The van der Waals surface area contributed by atoms with E-state index in [2.05, 4.69) is 29.1 Å². The third kappa shape index (κ3) is 1.53. The van der Waals surface area contributed by atoms with Gasteiger partial charge in [0, 0.05) is 12.0 Å².